The first-order valence-corrected chi connectivity index (χ1v) is 9.53. The molecule has 0 bridgehead atoms. The summed E-state index contributed by atoms with van der Waals surface area (Å²) in [5, 5.41) is 0. The van der Waals surface area contributed by atoms with Gasteiger partial charge in [0.05, 0.1) is 12.7 Å². The molecule has 1 aliphatic heterocycles. The maximum absolute atomic E-state index is 11.7. The molecule has 0 aromatic carbocycles. The third-order valence-corrected chi connectivity index (χ3v) is 5.18. The van der Waals surface area contributed by atoms with Gasteiger partial charge in [0, 0.05) is 51.6 Å². The van der Waals surface area contributed by atoms with Crippen molar-refractivity contribution in [1.82, 2.24) is 9.80 Å². The maximum atomic E-state index is 11.7. The number of hydrogen-bond donors (Lipinski definition) is 0. The molecule has 1 saturated heterocycles. The van der Waals surface area contributed by atoms with Crippen LogP contribution in [0.1, 0.15) is 54.4 Å². The molecular weight excluding hydrogens is 300 g/mol. The lowest BCUT2D eigenvalue weighted by Gasteiger charge is -2.37. The summed E-state index contributed by atoms with van der Waals surface area (Å²) >= 11 is 0. The SMILES string of the molecule is C.CC(C)CN1CCN(CCOC2CC(CC(=O)C(C)C)C2)CC1. The van der Waals surface area contributed by atoms with Crippen molar-refractivity contribution in [2.75, 3.05) is 45.9 Å². The Hall–Kier alpha value is -0.450. The van der Waals surface area contributed by atoms with Crippen molar-refractivity contribution in [3.8, 4) is 0 Å². The fourth-order valence-corrected chi connectivity index (χ4v) is 3.56. The molecule has 0 atom stereocenters. The third-order valence-electron chi connectivity index (χ3n) is 5.18. The highest BCUT2D eigenvalue weighted by Gasteiger charge is 2.31. The van der Waals surface area contributed by atoms with Crippen molar-refractivity contribution in [2.45, 2.75) is 60.5 Å². The summed E-state index contributed by atoms with van der Waals surface area (Å²) in [6.45, 7) is 16.4. The minimum Gasteiger partial charge on any atom is -0.377 e. The summed E-state index contributed by atoms with van der Waals surface area (Å²) in [5.41, 5.74) is 0. The lowest BCUT2D eigenvalue weighted by molar-refractivity contribution is -0.125. The summed E-state index contributed by atoms with van der Waals surface area (Å²) in [5.74, 6) is 1.94. The average Bonchev–Trinajstić information content (AvgIpc) is 2.45. The van der Waals surface area contributed by atoms with E-state index in [1.54, 1.807) is 0 Å². The van der Waals surface area contributed by atoms with E-state index in [-0.39, 0.29) is 13.3 Å². The van der Waals surface area contributed by atoms with Gasteiger partial charge in [0.15, 0.2) is 0 Å². The van der Waals surface area contributed by atoms with Gasteiger partial charge < -0.3 is 9.64 Å². The first kappa shape index (κ1) is 21.6. The Kier molecular flexibility index (Phi) is 9.47. The lowest BCUT2D eigenvalue weighted by Crippen LogP contribution is -2.48. The van der Waals surface area contributed by atoms with Crippen molar-refractivity contribution >= 4 is 5.78 Å². The van der Waals surface area contributed by atoms with Gasteiger partial charge in [-0.2, -0.15) is 0 Å². The molecule has 0 radical (unpaired) electrons. The minimum atomic E-state index is 0. The van der Waals surface area contributed by atoms with E-state index < -0.39 is 0 Å². The molecule has 142 valence electrons. The topological polar surface area (TPSA) is 32.8 Å². The zero-order valence-electron chi connectivity index (χ0n) is 15.6. The fraction of sp³-hybridized carbons (Fsp3) is 0.950. The van der Waals surface area contributed by atoms with Crippen LogP contribution in [0.15, 0.2) is 0 Å². The van der Waals surface area contributed by atoms with Crippen LogP contribution in [-0.2, 0) is 9.53 Å². The summed E-state index contributed by atoms with van der Waals surface area (Å²) in [6, 6.07) is 0. The van der Waals surface area contributed by atoms with Gasteiger partial charge in [-0.3, -0.25) is 9.69 Å². The van der Waals surface area contributed by atoms with Gasteiger partial charge in [-0.25, -0.2) is 0 Å². The molecule has 0 aromatic heterocycles. The van der Waals surface area contributed by atoms with E-state index in [4.69, 9.17) is 4.74 Å². The van der Waals surface area contributed by atoms with E-state index in [0.29, 0.717) is 17.8 Å². The molecule has 0 amide bonds. The molecule has 1 aliphatic carbocycles. The molecule has 2 aliphatic rings. The number of ketones is 1. The van der Waals surface area contributed by atoms with Crippen LogP contribution in [-0.4, -0.2) is 67.6 Å². The lowest BCUT2D eigenvalue weighted by atomic mass is 9.78. The maximum Gasteiger partial charge on any atom is 0.135 e. The number of carbonyl (C=O) groups excluding carboxylic acids is 1. The van der Waals surface area contributed by atoms with E-state index in [9.17, 15) is 4.79 Å². The van der Waals surface area contributed by atoms with Gasteiger partial charge in [-0.15, -0.1) is 0 Å². The third kappa shape index (κ3) is 7.20. The fourth-order valence-electron chi connectivity index (χ4n) is 3.56. The van der Waals surface area contributed by atoms with Crippen LogP contribution in [0.25, 0.3) is 0 Å². The van der Waals surface area contributed by atoms with Gasteiger partial charge in [0.25, 0.3) is 0 Å². The van der Waals surface area contributed by atoms with Gasteiger partial charge >= 0.3 is 0 Å². The van der Waals surface area contributed by atoms with Crippen LogP contribution in [0, 0.1) is 17.8 Å². The molecule has 0 spiro atoms. The molecule has 1 saturated carbocycles. The molecule has 24 heavy (non-hydrogen) atoms. The Bertz CT molecular complexity index is 357. The summed E-state index contributed by atoms with van der Waals surface area (Å²) < 4.78 is 5.98. The number of nitrogens with zero attached hydrogens (tertiary/aromatic N) is 2. The smallest absolute Gasteiger partial charge is 0.135 e. The number of carbonyl (C=O) groups is 1. The highest BCUT2D eigenvalue weighted by atomic mass is 16.5. The van der Waals surface area contributed by atoms with Gasteiger partial charge in [-0.1, -0.05) is 35.1 Å². The summed E-state index contributed by atoms with van der Waals surface area (Å²) in [6.07, 6.45) is 3.33. The largest absolute Gasteiger partial charge is 0.377 e. The molecular formula is C20H40N2O2. The van der Waals surface area contributed by atoms with Gasteiger partial charge in [0.1, 0.15) is 5.78 Å². The van der Waals surface area contributed by atoms with E-state index in [2.05, 4.69) is 23.6 Å². The van der Waals surface area contributed by atoms with Crippen LogP contribution >= 0.6 is 0 Å². The van der Waals surface area contributed by atoms with E-state index in [1.807, 2.05) is 13.8 Å². The second-order valence-electron chi connectivity index (χ2n) is 8.19. The Morgan fingerprint density at radius 1 is 1.04 bits per heavy atom. The first-order chi connectivity index (χ1) is 10.9. The standard InChI is InChI=1S/C19H36N2O2.CH4/c1-15(2)14-21-7-5-20(6-8-21)9-10-23-18-11-17(12-18)13-19(22)16(3)4;/h15-18H,5-14H2,1-4H3;1H4. The number of ether oxygens (including phenoxy) is 1. The number of piperazine rings is 1. The molecule has 2 rings (SSSR count). The molecule has 0 unspecified atom stereocenters. The predicted octanol–water partition coefficient (Wildman–Crippen LogP) is 3.31. The van der Waals surface area contributed by atoms with Crippen LogP contribution < -0.4 is 0 Å². The molecule has 1 heterocycles. The van der Waals surface area contributed by atoms with E-state index >= 15 is 0 Å². The number of Topliss-reactive ketones (excluding diaryl/α,β-unsaturated/α-hetero) is 1. The van der Waals surface area contributed by atoms with Crippen LogP contribution in [0.2, 0.25) is 0 Å². The number of hydrogen-bond acceptors (Lipinski definition) is 4. The quantitative estimate of drug-likeness (QED) is 0.645. The van der Waals surface area contributed by atoms with Gasteiger partial charge in [0.2, 0.25) is 0 Å². The highest BCUT2D eigenvalue weighted by molar-refractivity contribution is 5.80. The van der Waals surface area contributed by atoms with Crippen molar-refractivity contribution in [3.05, 3.63) is 0 Å². The number of rotatable bonds is 9. The van der Waals surface area contributed by atoms with Crippen molar-refractivity contribution < 1.29 is 9.53 Å². The van der Waals surface area contributed by atoms with Crippen molar-refractivity contribution in [3.63, 3.8) is 0 Å². The Morgan fingerprint density at radius 3 is 2.17 bits per heavy atom. The molecule has 4 heteroatoms. The monoisotopic (exact) mass is 340 g/mol. The summed E-state index contributed by atoms with van der Waals surface area (Å²) in [4.78, 5) is 16.8. The van der Waals surface area contributed by atoms with E-state index in [1.165, 1.54) is 32.7 Å². The molecule has 2 fully saturated rings. The first-order valence-electron chi connectivity index (χ1n) is 9.53. The van der Waals surface area contributed by atoms with Crippen molar-refractivity contribution in [1.29, 1.82) is 0 Å². The Balaban J connectivity index is 0.00000288. The highest BCUT2D eigenvalue weighted by Crippen LogP contribution is 2.33. The normalized spacial score (nSPS) is 25.6. The van der Waals surface area contributed by atoms with Gasteiger partial charge in [-0.05, 0) is 24.7 Å². The van der Waals surface area contributed by atoms with E-state index in [0.717, 1.165) is 38.3 Å². The van der Waals surface area contributed by atoms with Crippen LogP contribution in [0.4, 0.5) is 0 Å². The zero-order chi connectivity index (χ0) is 16.8. The molecule has 0 N–H and O–H groups in total. The molecule has 0 aromatic rings. The van der Waals surface area contributed by atoms with Crippen molar-refractivity contribution in [2.24, 2.45) is 17.8 Å². The second kappa shape index (κ2) is 10.5. The average molecular weight is 341 g/mol. The van der Waals surface area contributed by atoms with Crippen LogP contribution in [0.5, 0.6) is 0 Å². The Labute approximate surface area is 149 Å². The summed E-state index contributed by atoms with van der Waals surface area (Å²) in [7, 11) is 0. The minimum absolute atomic E-state index is 0. The second-order valence-corrected chi connectivity index (χ2v) is 8.19. The Morgan fingerprint density at radius 2 is 1.62 bits per heavy atom. The predicted molar refractivity (Wildman–Crippen MR) is 101 cm³/mol. The van der Waals surface area contributed by atoms with Crippen LogP contribution in [0.3, 0.4) is 0 Å². The zero-order valence-corrected chi connectivity index (χ0v) is 15.6. The molecule has 4 nitrogen and oxygen atoms in total.